The zero-order chi connectivity index (χ0) is 15.5. The Bertz CT molecular complexity index is 784. The number of pyridine rings is 2. The van der Waals surface area contributed by atoms with Crippen LogP contribution in [0.25, 0.3) is 11.4 Å². The van der Waals surface area contributed by atoms with Crippen LogP contribution in [0.2, 0.25) is 5.15 Å². The summed E-state index contributed by atoms with van der Waals surface area (Å²) in [5.41, 5.74) is 7.16. The molecule has 0 bridgehead atoms. The summed E-state index contributed by atoms with van der Waals surface area (Å²) in [5, 5.41) is 3.59. The van der Waals surface area contributed by atoms with Gasteiger partial charge in [-0.05, 0) is 31.2 Å². The zero-order valence-electron chi connectivity index (χ0n) is 11.7. The van der Waals surface area contributed by atoms with E-state index in [1.54, 1.807) is 37.5 Å². The molecular formula is C14H12ClN7. The van der Waals surface area contributed by atoms with Gasteiger partial charge in [-0.25, -0.2) is 15.0 Å². The molecule has 0 aliphatic heterocycles. The minimum atomic E-state index is 0.172. The molecule has 0 aliphatic carbocycles. The van der Waals surface area contributed by atoms with Crippen molar-refractivity contribution in [3.05, 3.63) is 47.6 Å². The number of hydrogen-bond donors (Lipinski definition) is 2. The third kappa shape index (κ3) is 3.09. The van der Waals surface area contributed by atoms with Crippen LogP contribution in [0.4, 0.5) is 17.5 Å². The van der Waals surface area contributed by atoms with Crippen LogP contribution in [0.3, 0.4) is 0 Å². The monoisotopic (exact) mass is 313 g/mol. The average Bonchev–Trinajstić information content (AvgIpc) is 2.49. The summed E-state index contributed by atoms with van der Waals surface area (Å²) >= 11 is 5.78. The first-order valence-electron chi connectivity index (χ1n) is 6.44. The third-order valence-corrected chi connectivity index (χ3v) is 3.03. The van der Waals surface area contributed by atoms with Gasteiger partial charge in [0.15, 0.2) is 5.82 Å². The van der Waals surface area contributed by atoms with Crippen LogP contribution >= 0.6 is 11.6 Å². The van der Waals surface area contributed by atoms with E-state index in [-0.39, 0.29) is 5.95 Å². The molecule has 0 saturated heterocycles. The van der Waals surface area contributed by atoms with E-state index in [2.05, 4.69) is 30.2 Å². The molecule has 3 aromatic rings. The normalized spacial score (nSPS) is 10.5. The number of nitrogens with zero attached hydrogens (tertiary/aromatic N) is 5. The van der Waals surface area contributed by atoms with Crippen molar-refractivity contribution in [2.45, 2.75) is 6.92 Å². The number of anilines is 3. The molecular weight excluding hydrogens is 302 g/mol. The fraction of sp³-hybridized carbons (Fsp3) is 0.0714. The molecule has 3 heterocycles. The van der Waals surface area contributed by atoms with Gasteiger partial charge in [0, 0.05) is 6.20 Å². The minimum Gasteiger partial charge on any atom is -0.368 e. The van der Waals surface area contributed by atoms with Gasteiger partial charge >= 0.3 is 0 Å². The van der Waals surface area contributed by atoms with Gasteiger partial charge in [0.25, 0.3) is 0 Å². The summed E-state index contributed by atoms with van der Waals surface area (Å²) in [5.74, 6) is 1.77. The highest BCUT2D eigenvalue weighted by atomic mass is 35.5. The highest BCUT2D eigenvalue weighted by Gasteiger charge is 2.11. The molecule has 0 amide bonds. The summed E-state index contributed by atoms with van der Waals surface area (Å²) in [4.78, 5) is 20.8. The first-order chi connectivity index (χ1) is 10.6. The maximum atomic E-state index is 5.78. The summed E-state index contributed by atoms with van der Waals surface area (Å²) < 4.78 is 0. The van der Waals surface area contributed by atoms with E-state index >= 15 is 0 Å². The lowest BCUT2D eigenvalue weighted by Gasteiger charge is -2.10. The Balaban J connectivity index is 2.01. The number of aryl methyl sites for hydroxylation is 1. The second-order valence-corrected chi connectivity index (χ2v) is 4.85. The predicted octanol–water partition coefficient (Wildman–Crippen LogP) is 2.62. The van der Waals surface area contributed by atoms with Gasteiger partial charge in [0.05, 0.1) is 17.4 Å². The molecule has 0 aromatic carbocycles. The summed E-state index contributed by atoms with van der Waals surface area (Å²) in [6.45, 7) is 1.76. The Labute approximate surface area is 131 Å². The number of nitrogens with one attached hydrogen (secondary N) is 1. The highest BCUT2D eigenvalue weighted by molar-refractivity contribution is 6.29. The molecule has 3 aromatic heterocycles. The van der Waals surface area contributed by atoms with Crippen molar-refractivity contribution in [3.63, 3.8) is 0 Å². The van der Waals surface area contributed by atoms with E-state index in [0.717, 1.165) is 11.3 Å². The van der Waals surface area contributed by atoms with Crippen molar-refractivity contribution >= 4 is 29.1 Å². The van der Waals surface area contributed by atoms with Gasteiger partial charge in [-0.3, -0.25) is 0 Å². The van der Waals surface area contributed by atoms with Crippen molar-refractivity contribution < 1.29 is 0 Å². The highest BCUT2D eigenvalue weighted by Crippen LogP contribution is 2.26. The lowest BCUT2D eigenvalue weighted by molar-refractivity contribution is 0.995. The maximum Gasteiger partial charge on any atom is 0.223 e. The van der Waals surface area contributed by atoms with Crippen LogP contribution in [0.5, 0.6) is 0 Å². The molecule has 0 saturated carbocycles. The second kappa shape index (κ2) is 5.90. The quantitative estimate of drug-likeness (QED) is 0.716. The molecule has 8 heteroatoms. The number of halogens is 1. The number of nitrogens with two attached hydrogens (primary N) is 1. The second-order valence-electron chi connectivity index (χ2n) is 4.46. The minimum absolute atomic E-state index is 0.172. The predicted molar refractivity (Wildman–Crippen MR) is 84.7 cm³/mol. The zero-order valence-corrected chi connectivity index (χ0v) is 12.4. The van der Waals surface area contributed by atoms with E-state index in [4.69, 9.17) is 17.3 Å². The van der Waals surface area contributed by atoms with Crippen LogP contribution < -0.4 is 11.1 Å². The molecule has 0 aliphatic rings. The van der Waals surface area contributed by atoms with E-state index in [0.29, 0.717) is 22.6 Å². The van der Waals surface area contributed by atoms with E-state index in [1.165, 1.54) is 0 Å². The van der Waals surface area contributed by atoms with Gasteiger partial charge in [0.1, 0.15) is 16.8 Å². The van der Waals surface area contributed by atoms with Gasteiger partial charge in [-0.1, -0.05) is 11.6 Å². The maximum absolute atomic E-state index is 5.78. The largest absolute Gasteiger partial charge is 0.368 e. The molecule has 0 fully saturated rings. The van der Waals surface area contributed by atoms with Crippen LogP contribution in [0, 0.1) is 6.92 Å². The van der Waals surface area contributed by atoms with Crippen LogP contribution in [-0.2, 0) is 0 Å². The number of hydrogen-bond acceptors (Lipinski definition) is 7. The van der Waals surface area contributed by atoms with E-state index in [1.807, 2.05) is 6.07 Å². The molecule has 3 N–H and O–H groups in total. The number of aromatic nitrogens is 5. The Hall–Kier alpha value is -2.80. The van der Waals surface area contributed by atoms with Crippen molar-refractivity contribution in [1.29, 1.82) is 0 Å². The van der Waals surface area contributed by atoms with Gasteiger partial charge < -0.3 is 11.1 Å². The summed E-state index contributed by atoms with van der Waals surface area (Å²) in [6, 6.07) is 7.15. The van der Waals surface area contributed by atoms with Crippen LogP contribution in [0.1, 0.15) is 5.82 Å². The number of nitrogen functional groups attached to an aromatic ring is 1. The lowest BCUT2D eigenvalue weighted by Crippen LogP contribution is -2.04. The number of rotatable bonds is 3. The topological polar surface area (TPSA) is 102 Å². The molecule has 0 unspecified atom stereocenters. The molecule has 7 nitrogen and oxygen atoms in total. The van der Waals surface area contributed by atoms with Crippen LogP contribution in [0.15, 0.2) is 36.7 Å². The van der Waals surface area contributed by atoms with Gasteiger partial charge in [-0.15, -0.1) is 0 Å². The van der Waals surface area contributed by atoms with Gasteiger partial charge in [0.2, 0.25) is 5.95 Å². The Morgan fingerprint density at radius 1 is 1.09 bits per heavy atom. The Morgan fingerprint density at radius 2 is 1.95 bits per heavy atom. The molecule has 22 heavy (non-hydrogen) atoms. The first-order valence-corrected chi connectivity index (χ1v) is 6.82. The lowest BCUT2D eigenvalue weighted by atomic mass is 10.2. The fourth-order valence-corrected chi connectivity index (χ4v) is 2.01. The molecule has 0 atom stereocenters. The summed E-state index contributed by atoms with van der Waals surface area (Å²) in [6.07, 6.45) is 3.29. The van der Waals surface area contributed by atoms with Crippen molar-refractivity contribution in [1.82, 2.24) is 24.9 Å². The smallest absolute Gasteiger partial charge is 0.223 e. The van der Waals surface area contributed by atoms with Crippen LogP contribution in [-0.4, -0.2) is 24.9 Å². The average molecular weight is 314 g/mol. The van der Waals surface area contributed by atoms with Gasteiger partial charge in [-0.2, -0.15) is 9.97 Å². The molecule has 0 radical (unpaired) electrons. The van der Waals surface area contributed by atoms with E-state index < -0.39 is 0 Å². The van der Waals surface area contributed by atoms with Crippen molar-refractivity contribution in [2.75, 3.05) is 11.1 Å². The van der Waals surface area contributed by atoms with Crippen molar-refractivity contribution in [3.8, 4) is 11.4 Å². The molecule has 3 rings (SSSR count). The van der Waals surface area contributed by atoms with E-state index in [9.17, 15) is 0 Å². The Morgan fingerprint density at radius 3 is 2.68 bits per heavy atom. The summed E-state index contributed by atoms with van der Waals surface area (Å²) in [7, 11) is 0. The standard InChI is InChI=1S/C14H12ClN7/c1-8-19-13(22-14(16)20-8)10-3-2-6-17-12(10)21-9-4-5-11(15)18-7-9/h2-7H,1H3,(H,17,21)(H2,16,19,20,22). The Kier molecular flexibility index (Phi) is 3.80. The third-order valence-electron chi connectivity index (χ3n) is 2.80. The van der Waals surface area contributed by atoms with Crippen molar-refractivity contribution in [2.24, 2.45) is 0 Å². The SMILES string of the molecule is Cc1nc(N)nc(-c2cccnc2Nc2ccc(Cl)nc2)n1. The molecule has 0 spiro atoms. The molecule has 110 valence electrons. The fourth-order valence-electron chi connectivity index (χ4n) is 1.89. The first kappa shape index (κ1) is 14.2.